The average Bonchev–Trinajstić information content (AvgIpc) is 2.57. The number of carbonyl (C=O) groups is 2. The fourth-order valence-corrected chi connectivity index (χ4v) is 1.84. The molecule has 0 aromatic heterocycles. The SMILES string of the molecule is CC(C)(C)[C@@H](NC(=O)[C@H]1CCC(=O)N1)C(F)(F)F. The Morgan fingerprint density at radius 3 is 2.28 bits per heavy atom. The molecule has 0 aliphatic carbocycles. The van der Waals surface area contributed by atoms with E-state index < -0.39 is 29.6 Å². The summed E-state index contributed by atoms with van der Waals surface area (Å²) >= 11 is 0. The van der Waals surface area contributed by atoms with Crippen LogP contribution in [0, 0.1) is 5.41 Å². The molecule has 2 N–H and O–H groups in total. The predicted octanol–water partition coefficient (Wildman–Crippen LogP) is 1.36. The second-order valence-electron chi connectivity index (χ2n) is 5.51. The van der Waals surface area contributed by atoms with Gasteiger partial charge in [-0.15, -0.1) is 0 Å². The molecule has 1 aliphatic heterocycles. The summed E-state index contributed by atoms with van der Waals surface area (Å²) in [5.74, 6) is -1.09. The Hall–Kier alpha value is -1.27. The second-order valence-corrected chi connectivity index (χ2v) is 5.51. The normalized spacial score (nSPS) is 22.6. The molecule has 1 aliphatic rings. The minimum Gasteiger partial charge on any atom is -0.344 e. The Bertz CT molecular complexity index is 333. The molecule has 0 spiro atoms. The van der Waals surface area contributed by atoms with Gasteiger partial charge in [0.1, 0.15) is 12.1 Å². The molecule has 18 heavy (non-hydrogen) atoms. The maximum Gasteiger partial charge on any atom is 0.409 e. The van der Waals surface area contributed by atoms with Crippen LogP contribution in [0.5, 0.6) is 0 Å². The number of nitrogens with one attached hydrogen (secondary N) is 2. The smallest absolute Gasteiger partial charge is 0.344 e. The number of halogens is 3. The van der Waals surface area contributed by atoms with Gasteiger partial charge in [-0.1, -0.05) is 20.8 Å². The maximum absolute atomic E-state index is 12.8. The summed E-state index contributed by atoms with van der Waals surface area (Å²) in [5.41, 5.74) is -1.14. The van der Waals surface area contributed by atoms with Gasteiger partial charge < -0.3 is 10.6 Å². The van der Waals surface area contributed by atoms with Crippen molar-refractivity contribution in [1.29, 1.82) is 0 Å². The zero-order valence-corrected chi connectivity index (χ0v) is 10.5. The summed E-state index contributed by atoms with van der Waals surface area (Å²) in [6.45, 7) is 4.20. The highest BCUT2D eigenvalue weighted by atomic mass is 19.4. The molecule has 0 bridgehead atoms. The predicted molar refractivity (Wildman–Crippen MR) is 58.6 cm³/mol. The summed E-state index contributed by atoms with van der Waals surface area (Å²) in [7, 11) is 0. The van der Waals surface area contributed by atoms with E-state index in [0.717, 1.165) is 0 Å². The van der Waals surface area contributed by atoms with Crippen LogP contribution in [0.1, 0.15) is 33.6 Å². The largest absolute Gasteiger partial charge is 0.409 e. The van der Waals surface area contributed by atoms with Crippen LogP contribution in [0.3, 0.4) is 0 Å². The van der Waals surface area contributed by atoms with Crippen molar-refractivity contribution in [2.24, 2.45) is 5.41 Å². The molecule has 1 fully saturated rings. The molecular formula is C11H17F3N2O2. The van der Waals surface area contributed by atoms with Crippen molar-refractivity contribution in [1.82, 2.24) is 10.6 Å². The van der Waals surface area contributed by atoms with Crippen LogP contribution < -0.4 is 10.6 Å². The van der Waals surface area contributed by atoms with E-state index in [9.17, 15) is 22.8 Å². The number of carbonyl (C=O) groups excluding carboxylic acids is 2. The highest BCUT2D eigenvalue weighted by Gasteiger charge is 2.48. The minimum atomic E-state index is -4.52. The first-order chi connectivity index (χ1) is 8.01. The Morgan fingerprint density at radius 1 is 1.39 bits per heavy atom. The Morgan fingerprint density at radius 2 is 1.94 bits per heavy atom. The fourth-order valence-electron chi connectivity index (χ4n) is 1.84. The molecule has 0 unspecified atom stereocenters. The molecule has 0 aromatic rings. The fraction of sp³-hybridized carbons (Fsp3) is 0.818. The molecular weight excluding hydrogens is 249 g/mol. The van der Waals surface area contributed by atoms with Gasteiger partial charge in [0.25, 0.3) is 0 Å². The molecule has 0 aromatic carbocycles. The number of rotatable bonds is 2. The topological polar surface area (TPSA) is 58.2 Å². The number of hydrogen-bond acceptors (Lipinski definition) is 2. The van der Waals surface area contributed by atoms with Crippen LogP contribution in [0.2, 0.25) is 0 Å². The zero-order chi connectivity index (χ0) is 14.1. The quantitative estimate of drug-likeness (QED) is 0.792. The highest BCUT2D eigenvalue weighted by Crippen LogP contribution is 2.33. The summed E-state index contributed by atoms with van der Waals surface area (Å²) in [4.78, 5) is 22.6. The van der Waals surface area contributed by atoms with Crippen molar-refractivity contribution in [2.45, 2.75) is 51.9 Å². The van der Waals surface area contributed by atoms with E-state index >= 15 is 0 Å². The molecule has 0 saturated carbocycles. The molecule has 1 heterocycles. The summed E-state index contributed by atoms with van der Waals surface area (Å²) in [5, 5.41) is 4.32. The van der Waals surface area contributed by atoms with Crippen molar-refractivity contribution in [3.05, 3.63) is 0 Å². The number of alkyl halides is 3. The van der Waals surface area contributed by atoms with E-state index in [-0.39, 0.29) is 18.7 Å². The molecule has 4 nitrogen and oxygen atoms in total. The summed E-state index contributed by atoms with van der Waals surface area (Å²) in [6, 6.07) is -2.79. The molecule has 104 valence electrons. The third-order valence-electron chi connectivity index (χ3n) is 2.79. The van der Waals surface area contributed by atoms with Crippen LogP contribution in [0.15, 0.2) is 0 Å². The highest BCUT2D eigenvalue weighted by molar-refractivity contribution is 5.90. The van der Waals surface area contributed by atoms with Crippen molar-refractivity contribution in [3.63, 3.8) is 0 Å². The summed E-state index contributed by atoms with van der Waals surface area (Å²) < 4.78 is 38.5. The van der Waals surface area contributed by atoms with Crippen LogP contribution in [-0.2, 0) is 9.59 Å². The van der Waals surface area contributed by atoms with Gasteiger partial charge in [0.2, 0.25) is 11.8 Å². The van der Waals surface area contributed by atoms with Gasteiger partial charge in [-0.05, 0) is 11.8 Å². The molecule has 1 saturated heterocycles. The molecule has 2 atom stereocenters. The first-order valence-electron chi connectivity index (χ1n) is 5.68. The van der Waals surface area contributed by atoms with E-state index in [1.54, 1.807) is 0 Å². The lowest BCUT2D eigenvalue weighted by Gasteiger charge is -2.33. The minimum absolute atomic E-state index is 0.171. The van der Waals surface area contributed by atoms with Crippen LogP contribution in [-0.4, -0.2) is 30.1 Å². The van der Waals surface area contributed by atoms with Crippen molar-refractivity contribution < 1.29 is 22.8 Å². The Labute approximate surface area is 103 Å². The van der Waals surface area contributed by atoms with Crippen LogP contribution in [0.25, 0.3) is 0 Å². The maximum atomic E-state index is 12.8. The van der Waals surface area contributed by atoms with E-state index in [1.807, 2.05) is 5.32 Å². The Balaban J connectivity index is 2.73. The van der Waals surface area contributed by atoms with Crippen molar-refractivity contribution >= 4 is 11.8 Å². The van der Waals surface area contributed by atoms with Gasteiger partial charge >= 0.3 is 6.18 Å². The Kier molecular flexibility index (Phi) is 3.92. The van der Waals surface area contributed by atoms with Gasteiger partial charge in [0, 0.05) is 6.42 Å². The number of hydrogen-bond donors (Lipinski definition) is 2. The van der Waals surface area contributed by atoms with E-state index in [1.165, 1.54) is 20.8 Å². The van der Waals surface area contributed by atoms with E-state index in [0.29, 0.717) is 0 Å². The lowest BCUT2D eigenvalue weighted by Crippen LogP contribution is -2.56. The van der Waals surface area contributed by atoms with Gasteiger partial charge in [-0.25, -0.2) is 0 Å². The zero-order valence-electron chi connectivity index (χ0n) is 10.5. The molecule has 2 amide bonds. The monoisotopic (exact) mass is 266 g/mol. The van der Waals surface area contributed by atoms with Gasteiger partial charge in [-0.3, -0.25) is 9.59 Å². The average molecular weight is 266 g/mol. The molecule has 1 rings (SSSR count). The first-order valence-corrected chi connectivity index (χ1v) is 5.68. The third-order valence-corrected chi connectivity index (χ3v) is 2.79. The standard InChI is InChI=1S/C11H17F3N2O2/c1-10(2,3)9(11(12,13)14)16-8(18)6-4-5-7(17)15-6/h6,9H,4-5H2,1-3H3,(H,15,17)(H,16,18)/t6-,9-/m1/s1. The number of amides is 2. The van der Waals surface area contributed by atoms with Gasteiger partial charge in [0.15, 0.2) is 0 Å². The second kappa shape index (κ2) is 4.78. The summed E-state index contributed by atoms with van der Waals surface area (Å²) in [6.07, 6.45) is -4.11. The molecule has 0 radical (unpaired) electrons. The first kappa shape index (κ1) is 14.8. The van der Waals surface area contributed by atoms with Crippen molar-refractivity contribution in [2.75, 3.05) is 0 Å². The van der Waals surface area contributed by atoms with Gasteiger partial charge in [0.05, 0.1) is 0 Å². The van der Waals surface area contributed by atoms with E-state index in [2.05, 4.69) is 5.32 Å². The lowest BCUT2D eigenvalue weighted by atomic mass is 9.86. The van der Waals surface area contributed by atoms with Crippen LogP contribution in [0.4, 0.5) is 13.2 Å². The van der Waals surface area contributed by atoms with Gasteiger partial charge in [-0.2, -0.15) is 13.2 Å². The lowest BCUT2D eigenvalue weighted by molar-refractivity contribution is -0.181. The molecule has 7 heteroatoms. The third kappa shape index (κ3) is 3.61. The van der Waals surface area contributed by atoms with Crippen molar-refractivity contribution in [3.8, 4) is 0 Å². The van der Waals surface area contributed by atoms with Crippen LogP contribution >= 0.6 is 0 Å². The van der Waals surface area contributed by atoms with E-state index in [4.69, 9.17) is 0 Å².